The summed E-state index contributed by atoms with van der Waals surface area (Å²) in [4.78, 5) is 43.4. The number of carbonyl (C=O) groups excluding carboxylic acids is 3. The minimum absolute atomic E-state index is 0.0736. The summed E-state index contributed by atoms with van der Waals surface area (Å²) in [5.41, 5.74) is 6.36. The zero-order chi connectivity index (χ0) is 39.5. The van der Waals surface area contributed by atoms with Gasteiger partial charge in [-0.05, 0) is 55.0 Å². The van der Waals surface area contributed by atoms with Crippen LogP contribution < -0.4 is 15.3 Å². The van der Waals surface area contributed by atoms with E-state index >= 15 is 0 Å². The van der Waals surface area contributed by atoms with Gasteiger partial charge in [-0.1, -0.05) is 74.4 Å². The fourth-order valence-corrected chi connectivity index (χ4v) is 7.05. The molecule has 0 radical (unpaired) electrons. The molecule has 1 fully saturated rings. The quantitative estimate of drug-likeness (QED) is 0.108. The minimum atomic E-state index is -4.42. The van der Waals surface area contributed by atoms with Crippen molar-refractivity contribution in [2.45, 2.75) is 112 Å². The Labute approximate surface area is 311 Å². The zero-order valence-corrected chi connectivity index (χ0v) is 33.3. The van der Waals surface area contributed by atoms with Gasteiger partial charge < -0.3 is 29.2 Å². The number of esters is 3. The van der Waals surface area contributed by atoms with Crippen molar-refractivity contribution in [3.63, 3.8) is 0 Å². The van der Waals surface area contributed by atoms with Crippen LogP contribution in [0.5, 0.6) is 5.75 Å². The third-order valence-electron chi connectivity index (χ3n) is 8.65. The molecule has 0 bridgehead atoms. The molecule has 53 heavy (non-hydrogen) atoms. The molecule has 6 atom stereocenters. The molecular formula is C37H54N5O10P. The van der Waals surface area contributed by atoms with Gasteiger partial charge in [0.1, 0.15) is 35.3 Å². The summed E-state index contributed by atoms with van der Waals surface area (Å²) in [5, 5.41) is 7.05. The van der Waals surface area contributed by atoms with Gasteiger partial charge in [-0.3, -0.25) is 18.9 Å². The van der Waals surface area contributed by atoms with Crippen LogP contribution in [0.4, 0.5) is 5.82 Å². The van der Waals surface area contributed by atoms with Crippen LogP contribution in [0.2, 0.25) is 0 Å². The van der Waals surface area contributed by atoms with E-state index in [0.717, 1.165) is 5.56 Å². The van der Waals surface area contributed by atoms with Crippen LogP contribution in [0.25, 0.3) is 5.52 Å². The van der Waals surface area contributed by atoms with Crippen molar-refractivity contribution in [3.8, 4) is 5.75 Å². The lowest BCUT2D eigenvalue weighted by atomic mass is 9.87. The first-order valence-electron chi connectivity index (χ1n) is 17.8. The monoisotopic (exact) mass is 759 g/mol. The summed E-state index contributed by atoms with van der Waals surface area (Å²) in [5.74, 6) is -2.45. The molecule has 4 rings (SSSR count). The molecule has 3 aromatic rings. The minimum Gasteiger partial charge on any atom is -0.464 e. The highest BCUT2D eigenvalue weighted by molar-refractivity contribution is 7.52. The number of fused-ring (bicyclic) bond motifs is 1. The summed E-state index contributed by atoms with van der Waals surface area (Å²) in [7, 11) is -4.42. The van der Waals surface area contributed by atoms with E-state index in [4.69, 9.17) is 33.7 Å². The Morgan fingerprint density at radius 2 is 1.58 bits per heavy atom. The number of hydrogen-bond acceptors (Lipinski definition) is 13. The van der Waals surface area contributed by atoms with Crippen molar-refractivity contribution in [2.75, 3.05) is 18.9 Å². The van der Waals surface area contributed by atoms with Gasteiger partial charge in [0.2, 0.25) is 0 Å². The summed E-state index contributed by atoms with van der Waals surface area (Å²) >= 11 is 0. The second-order valence-corrected chi connectivity index (χ2v) is 17.2. The lowest BCUT2D eigenvalue weighted by Crippen LogP contribution is -2.46. The third kappa shape index (κ3) is 9.94. The average Bonchev–Trinajstić information content (AvgIpc) is 3.63. The van der Waals surface area contributed by atoms with E-state index in [1.54, 1.807) is 58.9 Å². The normalized spacial score (nSPS) is 22.2. The van der Waals surface area contributed by atoms with Crippen molar-refractivity contribution in [1.82, 2.24) is 19.7 Å². The number of nitrogens with one attached hydrogen (secondary N) is 1. The molecular weight excluding hydrogens is 705 g/mol. The molecule has 1 unspecified atom stereocenters. The predicted molar refractivity (Wildman–Crippen MR) is 197 cm³/mol. The lowest BCUT2D eigenvalue weighted by Gasteiger charge is -2.31. The van der Waals surface area contributed by atoms with E-state index in [1.165, 1.54) is 17.8 Å². The Hall–Kier alpha value is -4.04. The number of anilines is 1. The van der Waals surface area contributed by atoms with E-state index in [0.29, 0.717) is 11.2 Å². The largest absolute Gasteiger partial charge is 0.464 e. The van der Waals surface area contributed by atoms with Crippen molar-refractivity contribution in [1.29, 1.82) is 0 Å². The van der Waals surface area contributed by atoms with Crippen LogP contribution in [0, 0.1) is 17.8 Å². The van der Waals surface area contributed by atoms with Gasteiger partial charge in [0.25, 0.3) is 0 Å². The van der Waals surface area contributed by atoms with Crippen molar-refractivity contribution >= 4 is 37.0 Å². The van der Waals surface area contributed by atoms with Gasteiger partial charge in [0.15, 0.2) is 18.0 Å². The second-order valence-electron chi connectivity index (χ2n) is 15.5. The van der Waals surface area contributed by atoms with E-state index in [9.17, 15) is 18.9 Å². The van der Waals surface area contributed by atoms with Gasteiger partial charge >= 0.3 is 25.7 Å². The molecule has 1 aliphatic rings. The van der Waals surface area contributed by atoms with Crippen molar-refractivity contribution in [2.24, 2.45) is 17.8 Å². The average molecular weight is 760 g/mol. The van der Waals surface area contributed by atoms with Gasteiger partial charge in [0.05, 0.1) is 30.7 Å². The summed E-state index contributed by atoms with van der Waals surface area (Å²) in [6.07, 6.45) is -2.39. The van der Waals surface area contributed by atoms with Gasteiger partial charge in [-0.15, -0.1) is 0 Å². The van der Waals surface area contributed by atoms with Gasteiger partial charge in [-0.25, -0.2) is 14.1 Å². The molecule has 0 saturated carbocycles. The SMILES string of the molecule is CC(C)COC(=O)[C@H](C)NP(=O)(OC[C@H]1O[C@@](C)(c2ccc3c(N)ncnn23)[C@H](OC(=O)C(C)C)[C@@H]1OC(=O)C(C)C)Oc1ccc(C(C)(C)C)cc1. The van der Waals surface area contributed by atoms with E-state index < -0.39 is 74.1 Å². The van der Waals surface area contributed by atoms with Crippen LogP contribution in [0.1, 0.15) is 87.4 Å². The predicted octanol–water partition coefficient (Wildman–Crippen LogP) is 5.74. The van der Waals surface area contributed by atoms with Crippen LogP contribution in [-0.2, 0) is 53.4 Å². The summed E-state index contributed by atoms with van der Waals surface area (Å²) in [6.45, 7) is 19.4. The number of rotatable bonds is 15. The zero-order valence-electron chi connectivity index (χ0n) is 32.4. The second kappa shape index (κ2) is 16.5. The summed E-state index contributed by atoms with van der Waals surface area (Å²) in [6, 6.07) is 9.28. The fraction of sp³-hybridized carbons (Fsp3) is 0.595. The maximum atomic E-state index is 14.6. The van der Waals surface area contributed by atoms with Crippen LogP contribution >= 0.6 is 7.75 Å². The molecule has 0 aliphatic carbocycles. The molecule has 0 amide bonds. The number of hydrogen-bond donors (Lipinski definition) is 2. The van der Waals surface area contributed by atoms with Crippen LogP contribution in [0.3, 0.4) is 0 Å². The maximum absolute atomic E-state index is 14.6. The smallest absolute Gasteiger partial charge is 0.459 e. The van der Waals surface area contributed by atoms with Gasteiger partial charge in [-0.2, -0.15) is 10.2 Å². The molecule has 1 saturated heterocycles. The number of carbonyl (C=O) groups is 3. The molecule has 3 N–H and O–H groups in total. The first-order valence-corrected chi connectivity index (χ1v) is 19.4. The number of nitrogens with two attached hydrogens (primary N) is 1. The Morgan fingerprint density at radius 1 is 0.962 bits per heavy atom. The highest BCUT2D eigenvalue weighted by Gasteiger charge is 2.59. The van der Waals surface area contributed by atoms with Crippen molar-refractivity contribution in [3.05, 3.63) is 54.0 Å². The first-order chi connectivity index (χ1) is 24.6. The number of aromatic nitrogens is 3. The highest BCUT2D eigenvalue weighted by atomic mass is 31.2. The van der Waals surface area contributed by atoms with E-state index in [1.807, 2.05) is 26.0 Å². The molecule has 3 heterocycles. The van der Waals surface area contributed by atoms with Crippen LogP contribution in [0.15, 0.2) is 42.7 Å². The van der Waals surface area contributed by atoms with E-state index in [-0.39, 0.29) is 29.5 Å². The Bertz CT molecular complexity index is 1810. The standard InChI is InChI=1S/C37H54N5O10P/c1-21(2)18-47-35(45)24(7)41-53(46,52-26-14-12-25(13-15-26)36(8,9)10)48-19-28-30(49-33(43)22(3)4)31(50-34(44)23(5)6)37(11,51-28)29-17-16-27-32(38)39-20-40-42(27)29/h12-17,20-24,28,30-31H,18-19H2,1-11H3,(H,41,46)(H2,38,39,40)/t24-,28+,30+,31+,37-,53?/m0/s1. The fourth-order valence-electron chi connectivity index (χ4n) is 5.55. The number of benzene rings is 1. The number of ether oxygens (including phenoxy) is 4. The Balaban J connectivity index is 1.75. The molecule has 1 aliphatic heterocycles. The molecule has 0 spiro atoms. The molecule has 15 nitrogen and oxygen atoms in total. The molecule has 1 aromatic carbocycles. The Kier molecular flexibility index (Phi) is 13.0. The Morgan fingerprint density at radius 3 is 2.17 bits per heavy atom. The first kappa shape index (κ1) is 41.7. The molecule has 16 heteroatoms. The van der Waals surface area contributed by atoms with Gasteiger partial charge in [0, 0.05) is 0 Å². The number of nitrogen functional groups attached to an aromatic ring is 1. The van der Waals surface area contributed by atoms with E-state index in [2.05, 4.69) is 35.9 Å². The molecule has 2 aromatic heterocycles. The topological polar surface area (TPSA) is 192 Å². The summed E-state index contributed by atoms with van der Waals surface area (Å²) < 4.78 is 52.2. The van der Waals surface area contributed by atoms with Crippen LogP contribution in [-0.4, -0.2) is 70.1 Å². The molecule has 292 valence electrons. The lowest BCUT2D eigenvalue weighted by molar-refractivity contribution is -0.175. The van der Waals surface area contributed by atoms with Crippen molar-refractivity contribution < 1.29 is 46.9 Å². The third-order valence-corrected chi connectivity index (χ3v) is 10.3. The maximum Gasteiger partial charge on any atom is 0.459 e. The number of nitrogens with zero attached hydrogens (tertiary/aromatic N) is 3. The highest BCUT2D eigenvalue weighted by Crippen LogP contribution is 2.49.